The van der Waals surface area contributed by atoms with Crippen molar-refractivity contribution < 1.29 is 8.42 Å². The van der Waals surface area contributed by atoms with Gasteiger partial charge in [-0.3, -0.25) is 4.99 Å². The molecule has 1 saturated heterocycles. The van der Waals surface area contributed by atoms with Crippen LogP contribution in [-0.2, 0) is 16.6 Å². The quantitative estimate of drug-likeness (QED) is 0.745. The lowest BCUT2D eigenvalue weighted by atomic mass is 9.85. The van der Waals surface area contributed by atoms with Crippen LogP contribution in [0.15, 0.2) is 51.0 Å². The summed E-state index contributed by atoms with van der Waals surface area (Å²) in [6.45, 7) is 5.41. The molecule has 29 heavy (non-hydrogen) atoms. The number of amidine groups is 1. The zero-order valence-corrected chi connectivity index (χ0v) is 18.9. The summed E-state index contributed by atoms with van der Waals surface area (Å²) in [5.74, 6) is 0.968. The Kier molecular flexibility index (Phi) is 7.01. The van der Waals surface area contributed by atoms with E-state index in [1.807, 2.05) is 6.07 Å². The number of rotatable bonds is 4. The van der Waals surface area contributed by atoms with Gasteiger partial charge in [0, 0.05) is 26.2 Å². The molecule has 1 spiro atoms. The van der Waals surface area contributed by atoms with Crippen LogP contribution < -0.4 is 10.6 Å². The molecule has 2 aliphatic rings. The van der Waals surface area contributed by atoms with E-state index in [-0.39, 0.29) is 17.9 Å². The second kappa shape index (κ2) is 9.14. The van der Waals surface area contributed by atoms with E-state index < -0.39 is 10.0 Å². The number of hydrogen-bond donors (Lipinski definition) is 2. The maximum Gasteiger partial charge on any atom is 0.252 e. The standard InChI is InChI=1S/C20H26N4O2S2.ClH/c1-16-5-2-3-6-17(16)15-22-19-20(23-11-10-21-19)8-12-24(13-9-20)28(25,26)18-7-4-14-27-18;/h2-7,14,23H,8-13,15H2,1H3,(H,21,22);1H. The van der Waals surface area contributed by atoms with Gasteiger partial charge in [0.15, 0.2) is 0 Å². The molecule has 1 fully saturated rings. The van der Waals surface area contributed by atoms with Crippen LogP contribution in [0, 0.1) is 6.92 Å². The molecule has 0 bridgehead atoms. The summed E-state index contributed by atoms with van der Waals surface area (Å²) in [5.41, 5.74) is 2.25. The SMILES string of the molecule is Cc1ccccc1CNC1=NCCNC12CCN(S(=O)(=O)c1cccs1)CC2.Cl. The van der Waals surface area contributed by atoms with Crippen LogP contribution in [0.5, 0.6) is 0 Å². The lowest BCUT2D eigenvalue weighted by Gasteiger charge is -2.44. The summed E-state index contributed by atoms with van der Waals surface area (Å²) in [6, 6.07) is 11.8. The van der Waals surface area contributed by atoms with Gasteiger partial charge >= 0.3 is 0 Å². The molecule has 1 aromatic carbocycles. The Hall–Kier alpha value is -1.45. The van der Waals surface area contributed by atoms with E-state index in [9.17, 15) is 8.42 Å². The van der Waals surface area contributed by atoms with E-state index >= 15 is 0 Å². The van der Waals surface area contributed by atoms with Crippen molar-refractivity contribution >= 4 is 39.6 Å². The van der Waals surface area contributed by atoms with Crippen LogP contribution in [0.4, 0.5) is 0 Å². The molecule has 0 amide bonds. The summed E-state index contributed by atoms with van der Waals surface area (Å²) in [5, 5.41) is 8.98. The third-order valence-electron chi connectivity index (χ3n) is 5.67. The van der Waals surface area contributed by atoms with Crippen molar-refractivity contribution in [1.29, 1.82) is 0 Å². The van der Waals surface area contributed by atoms with Crippen molar-refractivity contribution in [2.75, 3.05) is 26.2 Å². The molecule has 2 aliphatic heterocycles. The Bertz CT molecular complexity index is 953. The third kappa shape index (κ3) is 4.51. The normalized spacial score (nSPS) is 19.4. The minimum atomic E-state index is -3.39. The minimum absolute atomic E-state index is 0. The van der Waals surface area contributed by atoms with Gasteiger partial charge in [-0.25, -0.2) is 8.42 Å². The van der Waals surface area contributed by atoms with E-state index in [4.69, 9.17) is 4.99 Å². The van der Waals surface area contributed by atoms with Crippen molar-refractivity contribution in [2.45, 2.75) is 36.1 Å². The summed E-state index contributed by atoms with van der Waals surface area (Å²) in [7, 11) is -3.39. The molecule has 6 nitrogen and oxygen atoms in total. The smallest absolute Gasteiger partial charge is 0.252 e. The first kappa shape index (κ1) is 22.2. The molecular weight excluding hydrogens is 428 g/mol. The maximum absolute atomic E-state index is 12.8. The highest BCUT2D eigenvalue weighted by molar-refractivity contribution is 7.91. The van der Waals surface area contributed by atoms with Gasteiger partial charge in [-0.1, -0.05) is 30.3 Å². The first-order valence-corrected chi connectivity index (χ1v) is 12.0. The van der Waals surface area contributed by atoms with Crippen LogP contribution in [-0.4, -0.2) is 50.3 Å². The summed E-state index contributed by atoms with van der Waals surface area (Å²) in [6.07, 6.45) is 1.44. The van der Waals surface area contributed by atoms with Crippen molar-refractivity contribution in [2.24, 2.45) is 4.99 Å². The first-order valence-electron chi connectivity index (χ1n) is 9.63. The molecular formula is C20H27ClN4O2S2. The van der Waals surface area contributed by atoms with Crippen molar-refractivity contribution in [1.82, 2.24) is 14.9 Å². The Labute approximate surface area is 182 Å². The second-order valence-corrected chi connectivity index (χ2v) is 10.5. The zero-order chi connectivity index (χ0) is 19.6. The number of piperidine rings is 1. The average molecular weight is 455 g/mol. The van der Waals surface area contributed by atoms with Gasteiger partial charge in [0.25, 0.3) is 10.0 Å². The van der Waals surface area contributed by atoms with Crippen molar-refractivity contribution in [3.63, 3.8) is 0 Å². The highest BCUT2D eigenvalue weighted by Crippen LogP contribution is 2.30. The molecule has 0 saturated carbocycles. The molecule has 0 aliphatic carbocycles. The molecule has 0 atom stereocenters. The molecule has 2 aromatic rings. The molecule has 3 heterocycles. The van der Waals surface area contributed by atoms with Crippen LogP contribution in [0.3, 0.4) is 0 Å². The second-order valence-electron chi connectivity index (χ2n) is 7.36. The molecule has 2 N–H and O–H groups in total. The van der Waals surface area contributed by atoms with Crippen molar-refractivity contribution in [3.8, 4) is 0 Å². The summed E-state index contributed by atoms with van der Waals surface area (Å²) >= 11 is 1.28. The Morgan fingerprint density at radius 2 is 1.97 bits per heavy atom. The molecule has 9 heteroatoms. The fourth-order valence-corrected chi connectivity index (χ4v) is 6.56. The predicted octanol–water partition coefficient (Wildman–Crippen LogP) is 2.79. The number of hydrogen-bond acceptors (Lipinski definition) is 6. The van der Waals surface area contributed by atoms with Gasteiger partial charge in [0.05, 0.1) is 12.1 Å². The minimum Gasteiger partial charge on any atom is -0.368 e. The average Bonchev–Trinajstić information content (AvgIpc) is 3.25. The zero-order valence-electron chi connectivity index (χ0n) is 16.4. The fourth-order valence-electron chi connectivity index (χ4n) is 3.97. The van der Waals surface area contributed by atoms with Gasteiger partial charge in [-0.15, -0.1) is 23.7 Å². The Morgan fingerprint density at radius 1 is 1.21 bits per heavy atom. The molecule has 4 rings (SSSR count). The third-order valence-corrected chi connectivity index (χ3v) is 8.94. The van der Waals surface area contributed by atoms with E-state index in [1.54, 1.807) is 21.8 Å². The first-order chi connectivity index (χ1) is 13.5. The van der Waals surface area contributed by atoms with E-state index in [2.05, 4.69) is 35.8 Å². The molecule has 0 radical (unpaired) electrons. The number of nitrogens with one attached hydrogen (secondary N) is 2. The van der Waals surface area contributed by atoms with Gasteiger partial charge in [-0.2, -0.15) is 4.31 Å². The Balaban J connectivity index is 0.00000240. The molecule has 158 valence electrons. The summed E-state index contributed by atoms with van der Waals surface area (Å²) < 4.78 is 27.7. The molecule has 0 unspecified atom stereocenters. The van der Waals surface area contributed by atoms with Crippen LogP contribution in [0.1, 0.15) is 24.0 Å². The lowest BCUT2D eigenvalue weighted by molar-refractivity contribution is 0.241. The van der Waals surface area contributed by atoms with Gasteiger partial charge in [-0.05, 0) is 42.3 Å². The maximum atomic E-state index is 12.8. The number of aliphatic imine (C=N–C) groups is 1. The van der Waals surface area contributed by atoms with Crippen LogP contribution in [0.25, 0.3) is 0 Å². The number of sulfonamides is 1. The Morgan fingerprint density at radius 3 is 2.66 bits per heavy atom. The largest absolute Gasteiger partial charge is 0.368 e. The monoisotopic (exact) mass is 454 g/mol. The van der Waals surface area contributed by atoms with Gasteiger partial charge in [0.2, 0.25) is 0 Å². The molecule has 1 aromatic heterocycles. The van der Waals surface area contributed by atoms with Gasteiger partial charge < -0.3 is 10.6 Å². The topological polar surface area (TPSA) is 73.8 Å². The lowest BCUT2D eigenvalue weighted by Crippen LogP contribution is -2.64. The van der Waals surface area contributed by atoms with E-state index in [0.717, 1.165) is 38.3 Å². The summed E-state index contributed by atoms with van der Waals surface area (Å²) in [4.78, 5) is 4.77. The number of thiophene rings is 1. The van der Waals surface area contributed by atoms with E-state index in [0.29, 0.717) is 17.3 Å². The van der Waals surface area contributed by atoms with Crippen LogP contribution in [0.2, 0.25) is 0 Å². The highest BCUT2D eigenvalue weighted by Gasteiger charge is 2.43. The van der Waals surface area contributed by atoms with Crippen LogP contribution >= 0.6 is 23.7 Å². The highest BCUT2D eigenvalue weighted by atomic mass is 35.5. The van der Waals surface area contributed by atoms with E-state index in [1.165, 1.54) is 22.5 Å². The van der Waals surface area contributed by atoms with Crippen molar-refractivity contribution in [3.05, 3.63) is 52.9 Å². The number of halogens is 1. The number of benzene rings is 1. The number of nitrogens with zero attached hydrogens (tertiary/aromatic N) is 2. The predicted molar refractivity (Wildman–Crippen MR) is 121 cm³/mol. The van der Waals surface area contributed by atoms with Gasteiger partial charge in [0.1, 0.15) is 10.0 Å². The fraction of sp³-hybridized carbons (Fsp3) is 0.450. The number of aryl methyl sites for hydroxylation is 1.